The summed E-state index contributed by atoms with van der Waals surface area (Å²) in [5.41, 5.74) is 1.66. The number of thioether (sulfide) groups is 1. The van der Waals surface area contributed by atoms with Crippen LogP contribution in [-0.2, 0) is 4.79 Å². The summed E-state index contributed by atoms with van der Waals surface area (Å²) in [5, 5.41) is 5.48. The lowest BCUT2D eigenvalue weighted by Gasteiger charge is -2.10. The minimum Gasteiger partial charge on any atom is -0.454 e. The number of anilines is 1. The lowest BCUT2D eigenvalue weighted by molar-refractivity contribution is -0.113. The zero-order valence-corrected chi connectivity index (χ0v) is 15.3. The Kier molecular flexibility index (Phi) is 4.48. The maximum atomic E-state index is 12.4. The third kappa shape index (κ3) is 3.23. The zero-order chi connectivity index (χ0) is 18.1. The van der Waals surface area contributed by atoms with E-state index in [4.69, 9.17) is 9.47 Å². The predicted octanol–water partition coefficient (Wildman–Crippen LogP) is 3.35. The molecule has 4 rings (SSSR count). The highest BCUT2D eigenvalue weighted by Crippen LogP contribution is 2.37. The topological polar surface area (TPSA) is 90.4 Å². The average Bonchev–Trinajstić information content (AvgIpc) is 3.27. The van der Waals surface area contributed by atoms with Gasteiger partial charge in [0.2, 0.25) is 12.7 Å². The molecule has 1 amide bonds. The number of rotatable bonds is 5. The number of amides is 1. The first-order valence-corrected chi connectivity index (χ1v) is 9.54. The van der Waals surface area contributed by atoms with Gasteiger partial charge in [-0.3, -0.25) is 9.59 Å². The van der Waals surface area contributed by atoms with Gasteiger partial charge in [-0.15, -0.1) is 11.3 Å². The lowest BCUT2D eigenvalue weighted by Crippen LogP contribution is -2.16. The molecule has 26 heavy (non-hydrogen) atoms. The van der Waals surface area contributed by atoms with Crippen molar-refractivity contribution in [2.75, 3.05) is 17.9 Å². The summed E-state index contributed by atoms with van der Waals surface area (Å²) in [5.74, 6) is 0.773. The minimum absolute atomic E-state index is 0.102. The van der Waals surface area contributed by atoms with Crippen molar-refractivity contribution >= 4 is 50.7 Å². The Morgan fingerprint density at radius 2 is 2.08 bits per heavy atom. The third-order valence-electron chi connectivity index (χ3n) is 3.72. The first kappa shape index (κ1) is 16.8. The van der Waals surface area contributed by atoms with Gasteiger partial charge in [0.15, 0.2) is 17.3 Å². The van der Waals surface area contributed by atoms with Crippen LogP contribution in [0.1, 0.15) is 17.3 Å². The molecule has 0 fully saturated rings. The Hall–Kier alpha value is -2.65. The number of hydrogen-bond acceptors (Lipinski definition) is 8. The largest absolute Gasteiger partial charge is 0.454 e. The Labute approximate surface area is 156 Å². The second-order valence-electron chi connectivity index (χ2n) is 5.46. The molecule has 0 radical (unpaired) electrons. The monoisotopic (exact) mass is 387 g/mol. The molecule has 2 aromatic heterocycles. The number of carbonyl (C=O) groups excluding carboxylic acids is 2. The fourth-order valence-electron chi connectivity index (χ4n) is 2.53. The minimum atomic E-state index is -0.236. The second kappa shape index (κ2) is 6.93. The van der Waals surface area contributed by atoms with Crippen LogP contribution in [0.25, 0.3) is 10.2 Å². The Morgan fingerprint density at radius 3 is 2.88 bits per heavy atom. The first-order chi connectivity index (χ1) is 12.6. The van der Waals surface area contributed by atoms with Crippen LogP contribution in [0.2, 0.25) is 0 Å². The number of ether oxygens (including phenoxy) is 2. The maximum Gasteiger partial charge on any atom is 0.234 e. The molecule has 1 aliphatic rings. The highest BCUT2D eigenvalue weighted by molar-refractivity contribution is 8.00. The number of aromatic nitrogens is 2. The van der Waals surface area contributed by atoms with E-state index in [0.717, 1.165) is 15.2 Å². The van der Waals surface area contributed by atoms with Crippen molar-refractivity contribution in [2.24, 2.45) is 0 Å². The highest BCUT2D eigenvalue weighted by Gasteiger charge is 2.20. The summed E-state index contributed by atoms with van der Waals surface area (Å²) in [6, 6.07) is 5.12. The van der Waals surface area contributed by atoms with Gasteiger partial charge in [0, 0.05) is 11.6 Å². The third-order valence-corrected chi connectivity index (χ3v) is 5.75. The van der Waals surface area contributed by atoms with Gasteiger partial charge in [0.1, 0.15) is 11.4 Å². The van der Waals surface area contributed by atoms with E-state index in [1.807, 2.05) is 11.4 Å². The number of nitrogens with zero attached hydrogens (tertiary/aromatic N) is 2. The molecular weight excluding hydrogens is 374 g/mol. The molecule has 3 heterocycles. The van der Waals surface area contributed by atoms with Crippen LogP contribution in [0, 0.1) is 0 Å². The van der Waals surface area contributed by atoms with Crippen LogP contribution >= 0.6 is 23.1 Å². The molecule has 132 valence electrons. The number of fused-ring (bicyclic) bond motifs is 2. The number of Topliss-reactive ketones (excluding diaryl/α,β-unsaturated/α-hetero) is 1. The summed E-state index contributed by atoms with van der Waals surface area (Å²) >= 11 is 2.86. The molecule has 0 saturated heterocycles. The van der Waals surface area contributed by atoms with E-state index in [1.165, 1.54) is 36.3 Å². The number of thiophene rings is 1. The van der Waals surface area contributed by atoms with E-state index >= 15 is 0 Å². The van der Waals surface area contributed by atoms with Crippen molar-refractivity contribution in [3.63, 3.8) is 0 Å². The number of ketones is 1. The van der Waals surface area contributed by atoms with Crippen LogP contribution in [0.15, 0.2) is 34.9 Å². The van der Waals surface area contributed by atoms with Gasteiger partial charge in [-0.2, -0.15) is 0 Å². The second-order valence-corrected chi connectivity index (χ2v) is 7.34. The van der Waals surface area contributed by atoms with E-state index in [-0.39, 0.29) is 24.2 Å². The average molecular weight is 387 g/mol. The van der Waals surface area contributed by atoms with Crippen molar-refractivity contribution < 1.29 is 19.1 Å². The normalized spacial score (nSPS) is 12.3. The summed E-state index contributed by atoms with van der Waals surface area (Å²) in [6.45, 7) is 1.54. The number of hydrogen-bond donors (Lipinski definition) is 1. The van der Waals surface area contributed by atoms with Crippen molar-refractivity contribution in [2.45, 2.75) is 11.9 Å². The molecule has 0 bridgehead atoms. The fraction of sp³-hybridized carbons (Fsp3) is 0.176. The van der Waals surface area contributed by atoms with Crippen LogP contribution in [-0.4, -0.2) is 34.2 Å². The van der Waals surface area contributed by atoms with E-state index in [2.05, 4.69) is 15.3 Å². The molecule has 9 heteroatoms. The first-order valence-electron chi connectivity index (χ1n) is 7.67. The van der Waals surface area contributed by atoms with Gasteiger partial charge in [0.25, 0.3) is 0 Å². The predicted molar refractivity (Wildman–Crippen MR) is 99.3 cm³/mol. The van der Waals surface area contributed by atoms with Crippen LogP contribution in [0.3, 0.4) is 0 Å². The quantitative estimate of drug-likeness (QED) is 0.408. The molecule has 3 aromatic rings. The standard InChI is InChI=1S/C17H13N3O4S2/c1-9(21)10-4-13-14(24-8-23-13)5-12(10)20-15(22)6-26-17-16-11(2-3-25-16)18-7-19-17/h2-5,7H,6,8H2,1H3,(H,20,22). The van der Waals surface area contributed by atoms with E-state index in [0.29, 0.717) is 22.7 Å². The fourth-order valence-corrected chi connectivity index (χ4v) is 4.27. The summed E-state index contributed by atoms with van der Waals surface area (Å²) in [4.78, 5) is 32.7. The van der Waals surface area contributed by atoms with E-state index in [9.17, 15) is 9.59 Å². The molecule has 0 atom stereocenters. The SMILES string of the molecule is CC(=O)c1cc2c(cc1NC(=O)CSc1ncnc3ccsc13)OCO2. The smallest absolute Gasteiger partial charge is 0.234 e. The number of benzene rings is 1. The zero-order valence-electron chi connectivity index (χ0n) is 13.6. The molecule has 0 unspecified atom stereocenters. The highest BCUT2D eigenvalue weighted by atomic mass is 32.2. The van der Waals surface area contributed by atoms with Crippen LogP contribution < -0.4 is 14.8 Å². The Bertz CT molecular complexity index is 1020. The Morgan fingerprint density at radius 1 is 1.27 bits per heavy atom. The number of carbonyl (C=O) groups is 2. The van der Waals surface area contributed by atoms with Gasteiger partial charge in [0.05, 0.1) is 21.7 Å². The van der Waals surface area contributed by atoms with E-state index in [1.54, 1.807) is 12.1 Å². The van der Waals surface area contributed by atoms with Gasteiger partial charge in [-0.05, 0) is 24.4 Å². The molecule has 1 aromatic carbocycles. The van der Waals surface area contributed by atoms with Gasteiger partial charge in [-0.1, -0.05) is 11.8 Å². The molecule has 0 spiro atoms. The van der Waals surface area contributed by atoms with Crippen molar-refractivity contribution in [1.82, 2.24) is 9.97 Å². The molecule has 1 aliphatic heterocycles. The van der Waals surface area contributed by atoms with Crippen molar-refractivity contribution in [3.8, 4) is 11.5 Å². The summed E-state index contributed by atoms with van der Waals surface area (Å²) < 4.78 is 11.6. The van der Waals surface area contributed by atoms with Crippen molar-refractivity contribution in [3.05, 3.63) is 35.5 Å². The van der Waals surface area contributed by atoms with Gasteiger partial charge in [-0.25, -0.2) is 9.97 Å². The molecule has 0 saturated carbocycles. The number of nitrogens with one attached hydrogen (secondary N) is 1. The van der Waals surface area contributed by atoms with E-state index < -0.39 is 0 Å². The van der Waals surface area contributed by atoms with Gasteiger partial charge >= 0.3 is 0 Å². The molecule has 7 nitrogen and oxygen atoms in total. The van der Waals surface area contributed by atoms with Crippen molar-refractivity contribution in [1.29, 1.82) is 0 Å². The Balaban J connectivity index is 1.50. The molecular formula is C17H13N3O4S2. The molecule has 1 N–H and O–H groups in total. The summed E-state index contributed by atoms with van der Waals surface area (Å²) in [6.07, 6.45) is 1.49. The lowest BCUT2D eigenvalue weighted by atomic mass is 10.1. The van der Waals surface area contributed by atoms with Crippen LogP contribution in [0.5, 0.6) is 11.5 Å². The summed E-state index contributed by atoms with van der Waals surface area (Å²) in [7, 11) is 0. The molecule has 0 aliphatic carbocycles. The van der Waals surface area contributed by atoms with Gasteiger partial charge < -0.3 is 14.8 Å². The maximum absolute atomic E-state index is 12.4. The van der Waals surface area contributed by atoms with Crippen LogP contribution in [0.4, 0.5) is 5.69 Å².